The highest BCUT2D eigenvalue weighted by atomic mass is 16.5. The summed E-state index contributed by atoms with van der Waals surface area (Å²) < 4.78 is 5.26. The standard InChI is InChI=1S/C13H16N2O3/c1-3-5-12(16)15-10-6-4-7-11(8-10)18-9-13(17)14-2/h3-8H,9H2,1-2H3,(H,14,17)(H,15,16). The minimum atomic E-state index is -0.210. The Balaban J connectivity index is 2.61. The molecule has 2 N–H and O–H groups in total. The van der Waals surface area contributed by atoms with Crippen LogP contribution in [0.2, 0.25) is 0 Å². The normalized spacial score (nSPS) is 10.1. The Bertz CT molecular complexity index is 455. The van der Waals surface area contributed by atoms with Gasteiger partial charge in [0.25, 0.3) is 5.91 Å². The van der Waals surface area contributed by atoms with Gasteiger partial charge in [-0.15, -0.1) is 0 Å². The Morgan fingerprint density at radius 2 is 2.17 bits per heavy atom. The van der Waals surface area contributed by atoms with Crippen LogP contribution < -0.4 is 15.4 Å². The van der Waals surface area contributed by atoms with E-state index in [-0.39, 0.29) is 18.4 Å². The molecule has 0 radical (unpaired) electrons. The molecule has 18 heavy (non-hydrogen) atoms. The zero-order valence-electron chi connectivity index (χ0n) is 10.4. The zero-order valence-corrected chi connectivity index (χ0v) is 10.4. The fourth-order valence-corrected chi connectivity index (χ4v) is 1.22. The summed E-state index contributed by atoms with van der Waals surface area (Å²) in [5.74, 6) is 0.108. The molecule has 0 bridgehead atoms. The number of carbonyl (C=O) groups excluding carboxylic acids is 2. The minimum Gasteiger partial charge on any atom is -0.484 e. The number of benzene rings is 1. The van der Waals surface area contributed by atoms with E-state index >= 15 is 0 Å². The monoisotopic (exact) mass is 248 g/mol. The number of ether oxygens (including phenoxy) is 1. The first-order valence-electron chi connectivity index (χ1n) is 5.53. The van der Waals surface area contributed by atoms with Gasteiger partial charge in [0.15, 0.2) is 6.61 Å². The first-order valence-corrected chi connectivity index (χ1v) is 5.53. The second kappa shape index (κ2) is 7.11. The predicted octanol–water partition coefficient (Wildman–Crippen LogP) is 1.33. The van der Waals surface area contributed by atoms with Crippen molar-refractivity contribution >= 4 is 17.5 Å². The van der Waals surface area contributed by atoms with Gasteiger partial charge in [-0.05, 0) is 25.1 Å². The van der Waals surface area contributed by atoms with E-state index in [2.05, 4.69) is 10.6 Å². The van der Waals surface area contributed by atoms with Crippen molar-refractivity contribution in [2.75, 3.05) is 19.0 Å². The Kier molecular flexibility index (Phi) is 5.44. The quantitative estimate of drug-likeness (QED) is 0.772. The highest BCUT2D eigenvalue weighted by molar-refractivity contribution is 5.99. The Morgan fingerprint density at radius 1 is 1.39 bits per heavy atom. The van der Waals surface area contributed by atoms with Crippen molar-refractivity contribution in [3.05, 3.63) is 36.4 Å². The van der Waals surface area contributed by atoms with Crippen molar-refractivity contribution in [1.82, 2.24) is 5.32 Å². The summed E-state index contributed by atoms with van der Waals surface area (Å²) in [6.45, 7) is 1.71. The average Bonchev–Trinajstić information content (AvgIpc) is 2.36. The lowest BCUT2D eigenvalue weighted by Crippen LogP contribution is -2.24. The van der Waals surface area contributed by atoms with Gasteiger partial charge in [0.1, 0.15) is 5.75 Å². The van der Waals surface area contributed by atoms with Crippen molar-refractivity contribution in [3.63, 3.8) is 0 Å². The molecule has 0 saturated carbocycles. The van der Waals surface area contributed by atoms with Gasteiger partial charge in [-0.1, -0.05) is 12.1 Å². The van der Waals surface area contributed by atoms with Crippen molar-refractivity contribution < 1.29 is 14.3 Å². The van der Waals surface area contributed by atoms with Crippen LogP contribution >= 0.6 is 0 Å². The number of anilines is 1. The number of carbonyl (C=O) groups is 2. The number of likely N-dealkylation sites (N-methyl/N-ethyl adjacent to an activating group) is 1. The van der Waals surface area contributed by atoms with Crippen molar-refractivity contribution in [2.24, 2.45) is 0 Å². The summed E-state index contributed by atoms with van der Waals surface area (Å²) in [5, 5.41) is 5.13. The summed E-state index contributed by atoms with van der Waals surface area (Å²) in [4.78, 5) is 22.4. The van der Waals surface area contributed by atoms with Crippen molar-refractivity contribution in [2.45, 2.75) is 6.92 Å². The van der Waals surface area contributed by atoms with Crippen molar-refractivity contribution in [1.29, 1.82) is 0 Å². The van der Waals surface area contributed by atoms with E-state index in [1.54, 1.807) is 44.3 Å². The van der Waals surface area contributed by atoms with E-state index in [9.17, 15) is 9.59 Å². The van der Waals surface area contributed by atoms with Crippen LogP contribution in [0.15, 0.2) is 36.4 Å². The minimum absolute atomic E-state index is 0.0528. The Morgan fingerprint density at radius 3 is 2.83 bits per heavy atom. The Hall–Kier alpha value is -2.30. The third kappa shape index (κ3) is 4.69. The second-order valence-electron chi connectivity index (χ2n) is 3.48. The van der Waals surface area contributed by atoms with Gasteiger partial charge in [0, 0.05) is 18.8 Å². The maximum Gasteiger partial charge on any atom is 0.257 e. The lowest BCUT2D eigenvalue weighted by molar-refractivity contribution is -0.122. The van der Waals surface area contributed by atoms with Gasteiger partial charge in [-0.2, -0.15) is 0 Å². The van der Waals surface area contributed by atoms with E-state index in [0.29, 0.717) is 11.4 Å². The number of hydrogen-bond donors (Lipinski definition) is 2. The lowest BCUT2D eigenvalue weighted by atomic mass is 10.3. The molecule has 5 nitrogen and oxygen atoms in total. The molecule has 0 unspecified atom stereocenters. The average molecular weight is 248 g/mol. The smallest absolute Gasteiger partial charge is 0.257 e. The first-order chi connectivity index (χ1) is 8.65. The lowest BCUT2D eigenvalue weighted by Gasteiger charge is -2.07. The number of amides is 2. The molecule has 1 aromatic carbocycles. The molecule has 0 fully saturated rings. The number of allylic oxidation sites excluding steroid dienone is 1. The van der Waals surface area contributed by atoms with Crippen LogP contribution in [-0.2, 0) is 9.59 Å². The molecule has 0 aromatic heterocycles. The fraction of sp³-hybridized carbons (Fsp3) is 0.231. The van der Waals surface area contributed by atoms with Gasteiger partial charge < -0.3 is 15.4 Å². The fourth-order valence-electron chi connectivity index (χ4n) is 1.22. The van der Waals surface area contributed by atoms with Crippen LogP contribution in [0.5, 0.6) is 5.75 Å². The van der Waals surface area contributed by atoms with Gasteiger partial charge in [-0.3, -0.25) is 9.59 Å². The van der Waals surface area contributed by atoms with E-state index < -0.39 is 0 Å². The second-order valence-corrected chi connectivity index (χ2v) is 3.48. The third-order valence-electron chi connectivity index (χ3n) is 2.07. The summed E-state index contributed by atoms with van der Waals surface area (Å²) in [7, 11) is 1.54. The van der Waals surface area contributed by atoms with Gasteiger partial charge in [0.2, 0.25) is 5.91 Å². The maximum absolute atomic E-state index is 11.3. The highest BCUT2D eigenvalue weighted by Crippen LogP contribution is 2.17. The summed E-state index contributed by atoms with van der Waals surface area (Å²) in [5.41, 5.74) is 0.618. The molecule has 0 aliphatic carbocycles. The van der Waals surface area contributed by atoms with Crippen LogP contribution in [0, 0.1) is 0 Å². The third-order valence-corrected chi connectivity index (χ3v) is 2.07. The van der Waals surface area contributed by atoms with Crippen LogP contribution in [0.4, 0.5) is 5.69 Å². The van der Waals surface area contributed by atoms with Crippen LogP contribution in [0.1, 0.15) is 6.92 Å². The molecule has 1 aromatic rings. The molecular weight excluding hydrogens is 232 g/mol. The highest BCUT2D eigenvalue weighted by Gasteiger charge is 2.02. The van der Waals surface area contributed by atoms with E-state index in [1.165, 1.54) is 6.08 Å². The molecule has 1 rings (SSSR count). The maximum atomic E-state index is 11.3. The van der Waals surface area contributed by atoms with Gasteiger partial charge in [-0.25, -0.2) is 0 Å². The summed E-state index contributed by atoms with van der Waals surface area (Å²) in [6, 6.07) is 6.86. The molecule has 2 amide bonds. The molecule has 0 aliphatic rings. The van der Waals surface area contributed by atoms with Crippen LogP contribution in [0.3, 0.4) is 0 Å². The number of nitrogens with one attached hydrogen (secondary N) is 2. The van der Waals surface area contributed by atoms with Gasteiger partial charge >= 0.3 is 0 Å². The molecular formula is C13H16N2O3. The SMILES string of the molecule is CC=CC(=O)Nc1cccc(OCC(=O)NC)c1. The topological polar surface area (TPSA) is 67.4 Å². The van der Waals surface area contributed by atoms with E-state index in [4.69, 9.17) is 4.74 Å². The van der Waals surface area contributed by atoms with Gasteiger partial charge in [0.05, 0.1) is 0 Å². The zero-order chi connectivity index (χ0) is 13.4. The van der Waals surface area contributed by atoms with Crippen LogP contribution in [0.25, 0.3) is 0 Å². The predicted molar refractivity (Wildman–Crippen MR) is 69.4 cm³/mol. The Labute approximate surface area is 106 Å². The molecule has 0 aliphatic heterocycles. The number of rotatable bonds is 5. The van der Waals surface area contributed by atoms with Crippen LogP contribution in [-0.4, -0.2) is 25.5 Å². The van der Waals surface area contributed by atoms with E-state index in [1.807, 2.05) is 0 Å². The largest absolute Gasteiger partial charge is 0.484 e. The molecule has 5 heteroatoms. The number of hydrogen-bond acceptors (Lipinski definition) is 3. The summed E-state index contributed by atoms with van der Waals surface area (Å²) in [6.07, 6.45) is 3.08. The summed E-state index contributed by atoms with van der Waals surface area (Å²) >= 11 is 0. The molecule has 0 heterocycles. The van der Waals surface area contributed by atoms with E-state index in [0.717, 1.165) is 0 Å². The molecule has 0 saturated heterocycles. The molecule has 0 spiro atoms. The molecule has 96 valence electrons. The first kappa shape index (κ1) is 13.8. The molecule has 0 atom stereocenters. The van der Waals surface area contributed by atoms with Crippen molar-refractivity contribution in [3.8, 4) is 5.75 Å².